The highest BCUT2D eigenvalue weighted by Gasteiger charge is 2.38. The number of morpholine rings is 1. The van der Waals surface area contributed by atoms with Crippen LogP contribution in [-0.2, 0) is 11.3 Å². The van der Waals surface area contributed by atoms with Crippen LogP contribution in [0.15, 0.2) is 41.4 Å². The third-order valence-electron chi connectivity index (χ3n) is 4.86. The summed E-state index contributed by atoms with van der Waals surface area (Å²) in [6.07, 6.45) is 4.85. The minimum absolute atomic E-state index is 0.140. The van der Waals surface area contributed by atoms with E-state index >= 15 is 0 Å². The largest absolute Gasteiger partial charge is 0.375 e. The molecule has 4 rings (SSSR count). The summed E-state index contributed by atoms with van der Waals surface area (Å²) in [6.45, 7) is 4.03. The van der Waals surface area contributed by atoms with Crippen LogP contribution >= 0.6 is 11.3 Å². The van der Waals surface area contributed by atoms with Crippen molar-refractivity contribution in [2.75, 3.05) is 26.2 Å². The number of pyridine rings is 1. The van der Waals surface area contributed by atoms with Crippen LogP contribution in [0.25, 0.3) is 0 Å². The van der Waals surface area contributed by atoms with E-state index in [1.54, 1.807) is 17.5 Å². The van der Waals surface area contributed by atoms with E-state index in [2.05, 4.69) is 16.0 Å². The lowest BCUT2D eigenvalue weighted by atomic mass is 9.97. The van der Waals surface area contributed by atoms with Gasteiger partial charge in [0.15, 0.2) is 0 Å². The molecule has 126 valence electrons. The summed E-state index contributed by atoms with van der Waals surface area (Å²) in [5.74, 6) is 0.140. The number of hydrogen-bond acceptors (Lipinski definition) is 5. The molecule has 0 aromatic carbocycles. The summed E-state index contributed by atoms with van der Waals surface area (Å²) < 4.78 is 5.98. The molecule has 2 saturated heterocycles. The third-order valence-corrected chi connectivity index (χ3v) is 5.55. The number of hydrogen-bond donors (Lipinski definition) is 0. The first kappa shape index (κ1) is 15.7. The normalized spacial score (nSPS) is 24.6. The van der Waals surface area contributed by atoms with E-state index in [-0.39, 0.29) is 18.1 Å². The Hall–Kier alpha value is -1.76. The molecule has 2 fully saturated rings. The molecular formula is C18H21N3O2S. The number of aromatic nitrogens is 1. The number of nitrogens with zero attached hydrogens (tertiary/aromatic N) is 3. The lowest BCUT2D eigenvalue weighted by Crippen LogP contribution is -2.60. The standard InChI is InChI=1S/C18H21N3O2S/c22-18(15-4-9-24-13-15)21-6-3-17-16(12-21)20(7-8-23-17)11-14-2-1-5-19-10-14/h1-2,4-5,9-10,13,16-17H,3,6-8,11-12H2/t16-,17-/m1/s1. The van der Waals surface area contributed by atoms with Gasteiger partial charge in [-0.2, -0.15) is 11.3 Å². The second kappa shape index (κ2) is 7.01. The molecule has 0 radical (unpaired) electrons. The molecule has 24 heavy (non-hydrogen) atoms. The van der Waals surface area contributed by atoms with Gasteiger partial charge in [0, 0.05) is 44.0 Å². The van der Waals surface area contributed by atoms with Crippen LogP contribution in [0.3, 0.4) is 0 Å². The van der Waals surface area contributed by atoms with Gasteiger partial charge in [-0.05, 0) is 29.5 Å². The van der Waals surface area contributed by atoms with Crippen molar-refractivity contribution in [1.82, 2.24) is 14.8 Å². The molecule has 5 nitrogen and oxygen atoms in total. The Balaban J connectivity index is 1.48. The quantitative estimate of drug-likeness (QED) is 0.858. The molecule has 0 unspecified atom stereocenters. The van der Waals surface area contributed by atoms with Gasteiger partial charge in [-0.25, -0.2) is 0 Å². The van der Waals surface area contributed by atoms with Crippen LogP contribution in [0.4, 0.5) is 0 Å². The average molecular weight is 343 g/mol. The second-order valence-corrected chi connectivity index (χ2v) is 7.14. The summed E-state index contributed by atoms with van der Waals surface area (Å²) in [5, 5.41) is 3.89. The molecular weight excluding hydrogens is 322 g/mol. The highest BCUT2D eigenvalue weighted by Crippen LogP contribution is 2.25. The summed E-state index contributed by atoms with van der Waals surface area (Å²) in [7, 11) is 0. The van der Waals surface area contributed by atoms with Crippen LogP contribution in [0.5, 0.6) is 0 Å². The van der Waals surface area contributed by atoms with Crippen molar-refractivity contribution in [3.8, 4) is 0 Å². The van der Waals surface area contributed by atoms with Crippen molar-refractivity contribution in [1.29, 1.82) is 0 Å². The van der Waals surface area contributed by atoms with Crippen molar-refractivity contribution in [3.05, 3.63) is 52.5 Å². The molecule has 2 aliphatic rings. The summed E-state index contributed by atoms with van der Waals surface area (Å²) >= 11 is 1.57. The minimum Gasteiger partial charge on any atom is -0.375 e. The zero-order valence-electron chi connectivity index (χ0n) is 13.5. The molecule has 6 heteroatoms. The number of likely N-dealkylation sites (tertiary alicyclic amines) is 1. The van der Waals surface area contributed by atoms with E-state index in [1.165, 1.54) is 5.56 Å². The Labute approximate surface area is 145 Å². The Morgan fingerprint density at radius 3 is 3.12 bits per heavy atom. The third kappa shape index (κ3) is 3.22. The molecule has 0 bridgehead atoms. The van der Waals surface area contributed by atoms with Crippen molar-refractivity contribution in [2.24, 2.45) is 0 Å². The van der Waals surface area contributed by atoms with Crippen molar-refractivity contribution in [3.63, 3.8) is 0 Å². The lowest BCUT2D eigenvalue weighted by Gasteiger charge is -2.47. The van der Waals surface area contributed by atoms with Crippen molar-refractivity contribution >= 4 is 17.2 Å². The lowest BCUT2D eigenvalue weighted by molar-refractivity contribution is -0.101. The predicted octanol–water partition coefficient (Wildman–Crippen LogP) is 2.26. The number of carbonyl (C=O) groups is 1. The molecule has 0 spiro atoms. The molecule has 1 amide bonds. The first-order valence-electron chi connectivity index (χ1n) is 8.37. The Bertz CT molecular complexity index is 677. The molecule has 0 N–H and O–H groups in total. The van der Waals surface area contributed by atoms with Gasteiger partial charge in [0.1, 0.15) is 0 Å². The summed E-state index contributed by atoms with van der Waals surface area (Å²) in [6, 6.07) is 6.24. The van der Waals surface area contributed by atoms with Gasteiger partial charge in [0.2, 0.25) is 0 Å². The first-order chi connectivity index (χ1) is 11.8. The summed E-state index contributed by atoms with van der Waals surface area (Å²) in [4.78, 5) is 21.3. The van der Waals surface area contributed by atoms with Gasteiger partial charge in [-0.15, -0.1) is 0 Å². The van der Waals surface area contributed by atoms with Gasteiger partial charge in [-0.1, -0.05) is 6.07 Å². The van der Waals surface area contributed by atoms with E-state index in [1.807, 2.05) is 34.0 Å². The minimum atomic E-state index is 0.140. The average Bonchev–Trinajstić information content (AvgIpc) is 3.17. The van der Waals surface area contributed by atoms with Crippen molar-refractivity contribution < 1.29 is 9.53 Å². The van der Waals surface area contributed by atoms with Gasteiger partial charge < -0.3 is 9.64 Å². The van der Waals surface area contributed by atoms with Gasteiger partial charge in [-0.3, -0.25) is 14.7 Å². The molecule has 4 heterocycles. The van der Waals surface area contributed by atoms with Crippen LogP contribution in [0.2, 0.25) is 0 Å². The summed E-state index contributed by atoms with van der Waals surface area (Å²) in [5.41, 5.74) is 2.01. The zero-order valence-corrected chi connectivity index (χ0v) is 14.3. The monoisotopic (exact) mass is 343 g/mol. The Kier molecular flexibility index (Phi) is 4.60. The maximum atomic E-state index is 12.7. The van der Waals surface area contributed by atoms with Gasteiger partial charge >= 0.3 is 0 Å². The molecule has 0 aliphatic carbocycles. The van der Waals surface area contributed by atoms with Crippen LogP contribution in [0.1, 0.15) is 22.3 Å². The Morgan fingerprint density at radius 1 is 1.38 bits per heavy atom. The van der Waals surface area contributed by atoms with E-state index in [4.69, 9.17) is 4.74 Å². The number of carbonyl (C=O) groups excluding carboxylic acids is 1. The number of piperidine rings is 1. The number of rotatable bonds is 3. The van der Waals surface area contributed by atoms with Crippen molar-refractivity contribution in [2.45, 2.75) is 25.1 Å². The highest BCUT2D eigenvalue weighted by atomic mass is 32.1. The topological polar surface area (TPSA) is 45.7 Å². The Morgan fingerprint density at radius 2 is 2.33 bits per heavy atom. The fourth-order valence-electron chi connectivity index (χ4n) is 3.62. The van der Waals surface area contributed by atoms with Crippen LogP contribution < -0.4 is 0 Å². The fourth-order valence-corrected chi connectivity index (χ4v) is 4.25. The number of ether oxygens (including phenoxy) is 1. The van der Waals surface area contributed by atoms with Gasteiger partial charge in [0.25, 0.3) is 5.91 Å². The number of amides is 1. The number of fused-ring (bicyclic) bond motifs is 1. The second-order valence-electron chi connectivity index (χ2n) is 6.36. The maximum absolute atomic E-state index is 12.7. The van der Waals surface area contributed by atoms with E-state index in [0.717, 1.165) is 44.8 Å². The molecule has 0 saturated carbocycles. The molecule has 2 aromatic heterocycles. The molecule has 2 atom stereocenters. The van der Waals surface area contributed by atoms with E-state index in [0.29, 0.717) is 0 Å². The van der Waals surface area contributed by atoms with Crippen LogP contribution in [0, 0.1) is 0 Å². The SMILES string of the molecule is O=C(c1ccsc1)N1CC[C@H]2OCCN(Cc3cccnc3)[C@@H]2C1. The fraction of sp³-hybridized carbons (Fsp3) is 0.444. The molecule has 2 aliphatic heterocycles. The molecule has 2 aromatic rings. The smallest absolute Gasteiger partial charge is 0.254 e. The number of thiophene rings is 1. The zero-order chi connectivity index (χ0) is 16.4. The highest BCUT2D eigenvalue weighted by molar-refractivity contribution is 7.08. The van der Waals surface area contributed by atoms with E-state index < -0.39 is 0 Å². The van der Waals surface area contributed by atoms with Crippen LogP contribution in [-0.4, -0.2) is 59.1 Å². The maximum Gasteiger partial charge on any atom is 0.254 e. The first-order valence-corrected chi connectivity index (χ1v) is 9.31. The van der Waals surface area contributed by atoms with Gasteiger partial charge in [0.05, 0.1) is 24.3 Å². The predicted molar refractivity (Wildman–Crippen MR) is 93.0 cm³/mol. The van der Waals surface area contributed by atoms with E-state index in [9.17, 15) is 4.79 Å².